The van der Waals surface area contributed by atoms with Gasteiger partial charge in [0.2, 0.25) is 11.1 Å². The van der Waals surface area contributed by atoms with Crippen LogP contribution in [-0.4, -0.2) is 60.3 Å². The van der Waals surface area contributed by atoms with E-state index in [0.29, 0.717) is 22.4 Å². The number of nitrogens with zero attached hydrogens (tertiary/aromatic N) is 4. The fourth-order valence-electron chi connectivity index (χ4n) is 2.76. The predicted molar refractivity (Wildman–Crippen MR) is 114 cm³/mol. The molecule has 0 aliphatic heterocycles. The van der Waals surface area contributed by atoms with Gasteiger partial charge in [0.15, 0.2) is 11.5 Å². The predicted octanol–water partition coefficient (Wildman–Crippen LogP) is 2.11. The Bertz CT molecular complexity index is 1030. The Morgan fingerprint density at radius 1 is 0.968 bits per heavy atom. The summed E-state index contributed by atoms with van der Waals surface area (Å²) >= 11 is 1.23. The lowest BCUT2D eigenvalue weighted by molar-refractivity contribution is -0.118. The number of amides is 1. The molecule has 0 aliphatic rings. The molecule has 0 fully saturated rings. The molecule has 0 saturated carbocycles. The van der Waals surface area contributed by atoms with Crippen LogP contribution in [0.1, 0.15) is 5.56 Å². The van der Waals surface area contributed by atoms with Gasteiger partial charge in [-0.15, -0.1) is 5.10 Å². The summed E-state index contributed by atoms with van der Waals surface area (Å²) in [5.74, 6) is 2.40. The zero-order valence-corrected chi connectivity index (χ0v) is 18.4. The number of thioether (sulfide) groups is 1. The Balaban J connectivity index is 1.61. The third-order valence-corrected chi connectivity index (χ3v) is 5.27. The van der Waals surface area contributed by atoms with E-state index in [-0.39, 0.29) is 18.2 Å². The Morgan fingerprint density at radius 3 is 2.29 bits per heavy atom. The normalized spacial score (nSPS) is 10.5. The molecule has 11 heteroatoms. The number of tetrazole rings is 1. The molecule has 164 valence electrons. The molecule has 1 N–H and O–H groups in total. The maximum absolute atomic E-state index is 12.4. The first-order valence-corrected chi connectivity index (χ1v) is 10.2. The smallest absolute Gasteiger partial charge is 0.230 e. The Labute approximate surface area is 183 Å². The number of carbonyl (C=O) groups excluding carboxylic acids is 1. The minimum atomic E-state index is -0.175. The summed E-state index contributed by atoms with van der Waals surface area (Å²) in [6.45, 7) is 0.270. The van der Waals surface area contributed by atoms with E-state index in [4.69, 9.17) is 18.9 Å². The number of nitrogens with one attached hydrogen (secondary N) is 1. The van der Waals surface area contributed by atoms with Crippen molar-refractivity contribution in [3.63, 3.8) is 0 Å². The van der Waals surface area contributed by atoms with Crippen molar-refractivity contribution in [2.24, 2.45) is 0 Å². The summed E-state index contributed by atoms with van der Waals surface area (Å²) < 4.78 is 22.7. The number of benzene rings is 2. The van der Waals surface area contributed by atoms with Gasteiger partial charge >= 0.3 is 0 Å². The van der Waals surface area contributed by atoms with Gasteiger partial charge in [-0.25, -0.2) is 0 Å². The lowest BCUT2D eigenvalue weighted by Crippen LogP contribution is -2.25. The number of ether oxygens (including phenoxy) is 4. The molecule has 3 rings (SSSR count). The second-order valence-electron chi connectivity index (χ2n) is 6.16. The number of hydrogen-bond donors (Lipinski definition) is 1. The quantitative estimate of drug-likeness (QED) is 0.469. The summed E-state index contributed by atoms with van der Waals surface area (Å²) in [5, 5.41) is 15.1. The monoisotopic (exact) mass is 445 g/mol. The van der Waals surface area contributed by atoms with E-state index < -0.39 is 0 Å². The molecule has 0 radical (unpaired) electrons. The molecule has 1 aromatic heterocycles. The van der Waals surface area contributed by atoms with Crippen molar-refractivity contribution in [1.82, 2.24) is 25.5 Å². The number of hydrogen-bond acceptors (Lipinski definition) is 9. The van der Waals surface area contributed by atoms with E-state index in [9.17, 15) is 4.79 Å². The summed E-state index contributed by atoms with van der Waals surface area (Å²) in [7, 11) is 6.26. The van der Waals surface area contributed by atoms with Crippen molar-refractivity contribution in [3.05, 3.63) is 42.0 Å². The van der Waals surface area contributed by atoms with E-state index >= 15 is 0 Å². The number of carbonyl (C=O) groups is 1. The van der Waals surface area contributed by atoms with Crippen LogP contribution < -0.4 is 24.3 Å². The molecule has 1 amide bonds. The van der Waals surface area contributed by atoms with Crippen molar-refractivity contribution >= 4 is 17.7 Å². The van der Waals surface area contributed by atoms with Gasteiger partial charge in [-0.05, 0) is 40.8 Å². The van der Waals surface area contributed by atoms with Crippen LogP contribution in [0.5, 0.6) is 23.0 Å². The molecule has 10 nitrogen and oxygen atoms in total. The third-order valence-electron chi connectivity index (χ3n) is 4.35. The fourth-order valence-corrected chi connectivity index (χ4v) is 3.48. The molecule has 2 aromatic carbocycles. The van der Waals surface area contributed by atoms with Crippen LogP contribution in [0, 0.1) is 0 Å². The van der Waals surface area contributed by atoms with E-state index in [2.05, 4.69) is 20.8 Å². The van der Waals surface area contributed by atoms with Crippen LogP contribution in [0.3, 0.4) is 0 Å². The van der Waals surface area contributed by atoms with E-state index in [0.717, 1.165) is 17.0 Å². The molecular weight excluding hydrogens is 422 g/mol. The summed E-state index contributed by atoms with van der Waals surface area (Å²) in [5.41, 5.74) is 1.53. The minimum absolute atomic E-state index is 0.145. The lowest BCUT2D eigenvalue weighted by atomic mass is 10.1. The molecule has 31 heavy (non-hydrogen) atoms. The van der Waals surface area contributed by atoms with E-state index in [1.165, 1.54) is 11.8 Å². The summed E-state index contributed by atoms with van der Waals surface area (Å²) in [4.78, 5) is 12.4. The zero-order chi connectivity index (χ0) is 22.2. The molecule has 0 spiro atoms. The minimum Gasteiger partial charge on any atom is -0.497 e. The number of rotatable bonds is 10. The molecular formula is C20H23N5O5S. The van der Waals surface area contributed by atoms with Crippen molar-refractivity contribution in [1.29, 1.82) is 0 Å². The first kappa shape index (κ1) is 22.2. The average molecular weight is 446 g/mol. The maximum atomic E-state index is 12.4. The van der Waals surface area contributed by atoms with E-state index in [1.54, 1.807) is 45.3 Å². The van der Waals surface area contributed by atoms with Gasteiger partial charge in [0.05, 0.1) is 39.9 Å². The Kier molecular flexibility index (Phi) is 7.55. The molecule has 0 aliphatic carbocycles. The first-order chi connectivity index (χ1) is 15.1. The molecule has 0 bridgehead atoms. The maximum Gasteiger partial charge on any atom is 0.230 e. The van der Waals surface area contributed by atoms with Crippen LogP contribution in [0.25, 0.3) is 5.69 Å². The lowest BCUT2D eigenvalue weighted by Gasteiger charge is -2.14. The number of methoxy groups -OCH3 is 4. The van der Waals surface area contributed by atoms with Gasteiger partial charge < -0.3 is 24.3 Å². The van der Waals surface area contributed by atoms with Crippen LogP contribution in [-0.2, 0) is 11.3 Å². The standard InChI is InChI=1S/C20H23N5O5S/c1-27-15-7-5-14(6-8-15)25-20(22-23-24-25)31-12-19(26)21-11-13-9-17(29-3)18(30-4)10-16(13)28-2/h5-10H,11-12H2,1-4H3,(H,21,26). The van der Waals surface area contributed by atoms with E-state index in [1.807, 2.05) is 24.3 Å². The van der Waals surface area contributed by atoms with Crippen molar-refractivity contribution in [3.8, 4) is 28.7 Å². The van der Waals surface area contributed by atoms with Crippen LogP contribution in [0.4, 0.5) is 0 Å². The highest BCUT2D eigenvalue weighted by Crippen LogP contribution is 2.34. The van der Waals surface area contributed by atoms with Gasteiger partial charge in [-0.1, -0.05) is 11.8 Å². The molecule has 0 atom stereocenters. The van der Waals surface area contributed by atoms with Crippen LogP contribution in [0.2, 0.25) is 0 Å². The fraction of sp³-hybridized carbons (Fsp3) is 0.300. The first-order valence-electron chi connectivity index (χ1n) is 9.20. The van der Waals surface area contributed by atoms with Crippen molar-refractivity contribution < 1.29 is 23.7 Å². The summed E-state index contributed by atoms with van der Waals surface area (Å²) in [6.07, 6.45) is 0. The second-order valence-corrected chi connectivity index (χ2v) is 7.10. The summed E-state index contributed by atoms with van der Waals surface area (Å²) in [6, 6.07) is 10.8. The molecule has 3 aromatic rings. The second kappa shape index (κ2) is 10.5. The van der Waals surface area contributed by atoms with Gasteiger partial charge in [-0.3, -0.25) is 4.79 Å². The average Bonchev–Trinajstić information content (AvgIpc) is 3.29. The zero-order valence-electron chi connectivity index (χ0n) is 17.6. The Morgan fingerprint density at radius 2 is 1.65 bits per heavy atom. The third kappa shape index (κ3) is 5.37. The number of aromatic nitrogens is 4. The van der Waals surface area contributed by atoms with Gasteiger partial charge in [0.25, 0.3) is 0 Å². The highest BCUT2D eigenvalue weighted by Gasteiger charge is 2.15. The van der Waals surface area contributed by atoms with Gasteiger partial charge in [0, 0.05) is 18.2 Å². The molecule has 0 saturated heterocycles. The van der Waals surface area contributed by atoms with Crippen molar-refractivity contribution in [2.75, 3.05) is 34.2 Å². The molecule has 1 heterocycles. The Hall–Kier alpha value is -3.47. The topological polar surface area (TPSA) is 110 Å². The van der Waals surface area contributed by atoms with Crippen LogP contribution in [0.15, 0.2) is 41.6 Å². The van der Waals surface area contributed by atoms with Crippen LogP contribution >= 0.6 is 11.8 Å². The SMILES string of the molecule is COc1ccc(-n2nnnc2SCC(=O)NCc2cc(OC)c(OC)cc2OC)cc1. The molecule has 0 unspecified atom stereocenters. The highest BCUT2D eigenvalue weighted by atomic mass is 32.2. The van der Waals surface area contributed by atoms with Gasteiger partial charge in [-0.2, -0.15) is 4.68 Å². The highest BCUT2D eigenvalue weighted by molar-refractivity contribution is 7.99. The van der Waals surface area contributed by atoms with Crippen molar-refractivity contribution in [2.45, 2.75) is 11.7 Å². The van der Waals surface area contributed by atoms with Gasteiger partial charge in [0.1, 0.15) is 11.5 Å². The largest absolute Gasteiger partial charge is 0.497 e.